The van der Waals surface area contributed by atoms with Crippen LogP contribution in [-0.4, -0.2) is 9.55 Å². The Hall–Kier alpha value is -1.77. The fraction of sp³-hybridized carbons (Fsp3) is 0.471. The number of nitrogen functional groups attached to an aromatic ring is 1. The van der Waals surface area contributed by atoms with Gasteiger partial charge in [-0.3, -0.25) is 0 Å². The molecule has 0 unspecified atom stereocenters. The fourth-order valence-electron chi connectivity index (χ4n) is 3.04. The van der Waals surface area contributed by atoms with Gasteiger partial charge in [-0.1, -0.05) is 18.2 Å². The van der Waals surface area contributed by atoms with E-state index in [-0.39, 0.29) is 0 Å². The van der Waals surface area contributed by atoms with Crippen molar-refractivity contribution in [3.8, 4) is 11.3 Å². The Kier molecular flexibility index (Phi) is 2.62. The lowest BCUT2D eigenvalue weighted by molar-refractivity contribution is 0.708. The number of nitrogens with zero attached hydrogens (tertiary/aromatic N) is 2. The molecule has 3 heteroatoms. The van der Waals surface area contributed by atoms with E-state index in [2.05, 4.69) is 35.8 Å². The summed E-state index contributed by atoms with van der Waals surface area (Å²) in [5.74, 6) is 3.43. The molecule has 0 atom stereocenters. The average Bonchev–Trinajstić information content (AvgIpc) is 3.37. The zero-order valence-corrected chi connectivity index (χ0v) is 12.0. The topological polar surface area (TPSA) is 43.8 Å². The van der Waals surface area contributed by atoms with E-state index in [0.29, 0.717) is 5.92 Å². The first kappa shape index (κ1) is 12.0. The minimum Gasteiger partial charge on any atom is -0.383 e. The molecule has 2 N–H and O–H groups in total. The van der Waals surface area contributed by atoms with Crippen molar-refractivity contribution in [2.75, 3.05) is 5.73 Å². The van der Waals surface area contributed by atoms with Crippen molar-refractivity contribution >= 4 is 5.82 Å². The van der Waals surface area contributed by atoms with Gasteiger partial charge in [0.2, 0.25) is 0 Å². The summed E-state index contributed by atoms with van der Waals surface area (Å²) in [6.45, 7) is 3.06. The van der Waals surface area contributed by atoms with E-state index in [1.54, 1.807) is 0 Å². The smallest absolute Gasteiger partial charge is 0.131 e. The first-order valence-electron chi connectivity index (χ1n) is 7.74. The third-order valence-electron chi connectivity index (χ3n) is 4.50. The third kappa shape index (κ3) is 1.92. The van der Waals surface area contributed by atoms with Crippen molar-refractivity contribution in [3.63, 3.8) is 0 Å². The Morgan fingerprint density at radius 1 is 1.20 bits per heavy atom. The molecule has 1 aromatic carbocycles. The average molecular weight is 267 g/mol. The third-order valence-corrected chi connectivity index (χ3v) is 4.50. The summed E-state index contributed by atoms with van der Waals surface area (Å²) >= 11 is 0. The predicted octanol–water partition coefficient (Wildman–Crippen LogP) is 3.91. The number of benzene rings is 1. The largest absolute Gasteiger partial charge is 0.383 e. The van der Waals surface area contributed by atoms with Crippen LogP contribution in [-0.2, 0) is 6.54 Å². The van der Waals surface area contributed by atoms with E-state index in [0.717, 1.165) is 24.0 Å². The standard InChI is InChI=1S/C17H21N3/c1-2-20-16(18)15(19-17(20)12-8-9-12)14-5-3-4-13(10-14)11-6-7-11/h3-5,10-12H,2,6-9,18H2,1H3. The number of hydrogen-bond donors (Lipinski definition) is 1. The molecule has 1 aromatic heterocycles. The molecule has 20 heavy (non-hydrogen) atoms. The summed E-state index contributed by atoms with van der Waals surface area (Å²) in [6, 6.07) is 8.80. The Labute approximate surface area is 119 Å². The van der Waals surface area contributed by atoms with Gasteiger partial charge >= 0.3 is 0 Å². The van der Waals surface area contributed by atoms with Crippen molar-refractivity contribution in [1.82, 2.24) is 9.55 Å². The van der Waals surface area contributed by atoms with Gasteiger partial charge in [-0.15, -0.1) is 0 Å². The Balaban J connectivity index is 1.79. The summed E-state index contributed by atoms with van der Waals surface area (Å²) in [5.41, 5.74) is 9.96. The molecule has 0 spiro atoms. The van der Waals surface area contributed by atoms with E-state index >= 15 is 0 Å². The molecule has 2 aliphatic rings. The second-order valence-corrected chi connectivity index (χ2v) is 6.12. The van der Waals surface area contributed by atoms with Crippen molar-refractivity contribution in [2.24, 2.45) is 0 Å². The molecule has 0 aliphatic heterocycles. The first-order valence-corrected chi connectivity index (χ1v) is 7.74. The predicted molar refractivity (Wildman–Crippen MR) is 81.7 cm³/mol. The number of anilines is 1. The minimum atomic E-state index is 0.637. The second-order valence-electron chi connectivity index (χ2n) is 6.12. The molecule has 2 aromatic rings. The maximum atomic E-state index is 6.35. The fourth-order valence-corrected chi connectivity index (χ4v) is 3.04. The zero-order valence-electron chi connectivity index (χ0n) is 12.0. The van der Waals surface area contributed by atoms with E-state index in [1.807, 2.05) is 0 Å². The van der Waals surface area contributed by atoms with Gasteiger partial charge in [0.05, 0.1) is 0 Å². The van der Waals surface area contributed by atoms with Crippen LogP contribution in [0.25, 0.3) is 11.3 Å². The van der Waals surface area contributed by atoms with Crippen LogP contribution in [0.3, 0.4) is 0 Å². The Morgan fingerprint density at radius 3 is 2.60 bits per heavy atom. The molecule has 4 rings (SSSR count). The number of aromatic nitrogens is 2. The summed E-state index contributed by atoms with van der Waals surface area (Å²) in [4.78, 5) is 4.87. The molecule has 2 saturated carbocycles. The lowest BCUT2D eigenvalue weighted by Gasteiger charge is -2.06. The lowest BCUT2D eigenvalue weighted by atomic mass is 10.1. The van der Waals surface area contributed by atoms with Gasteiger partial charge in [-0.25, -0.2) is 4.98 Å². The van der Waals surface area contributed by atoms with Gasteiger partial charge in [-0.2, -0.15) is 0 Å². The van der Waals surface area contributed by atoms with E-state index in [9.17, 15) is 0 Å². The molecule has 2 fully saturated rings. The molecular weight excluding hydrogens is 246 g/mol. The summed E-state index contributed by atoms with van der Waals surface area (Å²) in [6.07, 6.45) is 5.18. The second kappa shape index (κ2) is 4.37. The van der Waals surface area contributed by atoms with Crippen molar-refractivity contribution in [3.05, 3.63) is 35.7 Å². The van der Waals surface area contributed by atoms with Crippen LogP contribution in [0.2, 0.25) is 0 Å². The van der Waals surface area contributed by atoms with Crippen LogP contribution in [0.15, 0.2) is 24.3 Å². The quantitative estimate of drug-likeness (QED) is 0.912. The van der Waals surface area contributed by atoms with Crippen LogP contribution in [0.1, 0.15) is 55.8 Å². The maximum Gasteiger partial charge on any atom is 0.131 e. The van der Waals surface area contributed by atoms with Crippen molar-refractivity contribution in [1.29, 1.82) is 0 Å². The summed E-state index contributed by atoms with van der Waals surface area (Å²) in [7, 11) is 0. The van der Waals surface area contributed by atoms with Crippen molar-refractivity contribution < 1.29 is 0 Å². The lowest BCUT2D eigenvalue weighted by Crippen LogP contribution is -2.04. The monoisotopic (exact) mass is 267 g/mol. The molecule has 2 aliphatic carbocycles. The highest BCUT2D eigenvalue weighted by Crippen LogP contribution is 2.44. The number of nitrogens with two attached hydrogens (primary N) is 1. The molecule has 3 nitrogen and oxygen atoms in total. The molecule has 0 saturated heterocycles. The highest BCUT2D eigenvalue weighted by atomic mass is 15.1. The van der Waals surface area contributed by atoms with Crippen LogP contribution < -0.4 is 5.73 Å². The number of hydrogen-bond acceptors (Lipinski definition) is 2. The van der Waals surface area contributed by atoms with Gasteiger partial charge < -0.3 is 10.3 Å². The minimum absolute atomic E-state index is 0.637. The molecule has 1 heterocycles. The van der Waals surface area contributed by atoms with Gasteiger partial charge in [0, 0.05) is 18.0 Å². The highest BCUT2D eigenvalue weighted by molar-refractivity contribution is 5.72. The summed E-state index contributed by atoms with van der Waals surface area (Å²) < 4.78 is 2.19. The van der Waals surface area contributed by atoms with E-state index in [4.69, 9.17) is 10.7 Å². The Bertz CT molecular complexity index is 648. The van der Waals surface area contributed by atoms with Crippen LogP contribution in [0.4, 0.5) is 5.82 Å². The van der Waals surface area contributed by atoms with Gasteiger partial charge in [0.1, 0.15) is 17.3 Å². The summed E-state index contributed by atoms with van der Waals surface area (Å²) in [5, 5.41) is 0. The van der Waals surface area contributed by atoms with Crippen LogP contribution in [0.5, 0.6) is 0 Å². The van der Waals surface area contributed by atoms with Crippen LogP contribution >= 0.6 is 0 Å². The highest BCUT2D eigenvalue weighted by Gasteiger charge is 2.31. The number of imidazole rings is 1. The SMILES string of the molecule is CCn1c(C2CC2)nc(-c2cccc(C3CC3)c2)c1N. The molecule has 0 bridgehead atoms. The normalized spacial score (nSPS) is 18.4. The van der Waals surface area contributed by atoms with E-state index < -0.39 is 0 Å². The first-order chi connectivity index (χ1) is 9.78. The van der Waals surface area contributed by atoms with Gasteiger partial charge in [-0.05, 0) is 50.2 Å². The Morgan fingerprint density at radius 2 is 1.95 bits per heavy atom. The van der Waals surface area contributed by atoms with E-state index in [1.165, 1.54) is 42.6 Å². The maximum absolute atomic E-state index is 6.35. The van der Waals surface area contributed by atoms with Gasteiger partial charge in [0.15, 0.2) is 0 Å². The molecule has 0 amide bonds. The van der Waals surface area contributed by atoms with Gasteiger partial charge in [0.25, 0.3) is 0 Å². The molecule has 0 radical (unpaired) electrons. The van der Waals surface area contributed by atoms with Crippen molar-refractivity contribution in [2.45, 2.75) is 51.0 Å². The van der Waals surface area contributed by atoms with Crippen LogP contribution in [0, 0.1) is 0 Å². The molecule has 104 valence electrons. The zero-order chi connectivity index (χ0) is 13.7. The molecular formula is C17H21N3. The number of rotatable bonds is 4.